The van der Waals surface area contributed by atoms with Crippen molar-refractivity contribution in [2.24, 2.45) is 11.7 Å². The summed E-state index contributed by atoms with van der Waals surface area (Å²) < 4.78 is 0. The summed E-state index contributed by atoms with van der Waals surface area (Å²) in [4.78, 5) is 26.7. The topological polar surface area (TPSA) is 87.5 Å². The number of amides is 3. The maximum Gasteiger partial charge on any atom is 0.321 e. The Bertz CT molecular complexity index is 550. The Morgan fingerprint density at radius 2 is 2.08 bits per heavy atom. The van der Waals surface area contributed by atoms with Crippen molar-refractivity contribution in [1.82, 2.24) is 10.2 Å². The van der Waals surface area contributed by atoms with Gasteiger partial charge in [-0.15, -0.1) is 0 Å². The maximum absolute atomic E-state index is 12.5. The number of likely N-dealkylation sites (tertiary alicyclic amines) is 1. The molecule has 0 saturated carbocycles. The smallest absolute Gasteiger partial charge is 0.321 e. The number of para-hydroxylation sites is 1. The molecule has 1 aliphatic heterocycles. The minimum Gasteiger partial charge on any atom is -0.352 e. The predicted octanol–water partition coefficient (Wildman–Crippen LogP) is 2.56. The predicted molar refractivity (Wildman–Crippen MR) is 100 cm³/mol. The second kappa shape index (κ2) is 10.0. The van der Waals surface area contributed by atoms with Crippen LogP contribution in [-0.2, 0) is 4.79 Å². The Hall–Kier alpha value is -2.08. The van der Waals surface area contributed by atoms with Gasteiger partial charge >= 0.3 is 6.03 Å². The van der Waals surface area contributed by atoms with Crippen molar-refractivity contribution in [3.05, 3.63) is 30.3 Å². The summed E-state index contributed by atoms with van der Waals surface area (Å²) in [5.41, 5.74) is 6.53. The van der Waals surface area contributed by atoms with Crippen LogP contribution >= 0.6 is 0 Å². The quantitative estimate of drug-likeness (QED) is 0.709. The Morgan fingerprint density at radius 1 is 1.32 bits per heavy atom. The van der Waals surface area contributed by atoms with Crippen LogP contribution in [0.4, 0.5) is 10.5 Å². The summed E-state index contributed by atoms with van der Waals surface area (Å²) >= 11 is 0. The minimum atomic E-state index is -0.161. The number of hydrogen-bond donors (Lipinski definition) is 3. The first kappa shape index (κ1) is 19.2. The molecule has 138 valence electrons. The normalized spacial score (nSPS) is 18.5. The zero-order chi connectivity index (χ0) is 18.1. The molecule has 25 heavy (non-hydrogen) atoms. The van der Waals surface area contributed by atoms with Crippen LogP contribution < -0.4 is 16.4 Å². The molecule has 1 aliphatic rings. The first-order chi connectivity index (χ1) is 12.1. The highest BCUT2D eigenvalue weighted by Crippen LogP contribution is 2.18. The summed E-state index contributed by atoms with van der Waals surface area (Å²) in [5, 5.41) is 5.94. The molecule has 3 amide bonds. The van der Waals surface area contributed by atoms with E-state index < -0.39 is 0 Å². The van der Waals surface area contributed by atoms with E-state index in [1.165, 1.54) is 0 Å². The van der Waals surface area contributed by atoms with Crippen LogP contribution in [0.2, 0.25) is 0 Å². The fourth-order valence-electron chi connectivity index (χ4n) is 3.12. The summed E-state index contributed by atoms with van der Waals surface area (Å²) in [6.07, 6.45) is 4.69. The van der Waals surface area contributed by atoms with Crippen LogP contribution in [0.1, 0.15) is 39.0 Å². The molecule has 1 aromatic rings. The molecule has 1 saturated heterocycles. The van der Waals surface area contributed by atoms with Crippen LogP contribution in [0.5, 0.6) is 0 Å². The fraction of sp³-hybridized carbons (Fsp3) is 0.579. The van der Waals surface area contributed by atoms with Crippen LogP contribution in [0.15, 0.2) is 30.3 Å². The van der Waals surface area contributed by atoms with E-state index in [0.29, 0.717) is 19.6 Å². The van der Waals surface area contributed by atoms with E-state index in [0.717, 1.165) is 37.8 Å². The van der Waals surface area contributed by atoms with Crippen LogP contribution in [0, 0.1) is 5.92 Å². The van der Waals surface area contributed by atoms with Gasteiger partial charge in [0.2, 0.25) is 5.91 Å². The van der Waals surface area contributed by atoms with Gasteiger partial charge in [0.25, 0.3) is 0 Å². The number of nitrogens with two attached hydrogens (primary N) is 1. The lowest BCUT2D eigenvalue weighted by atomic mass is 9.96. The summed E-state index contributed by atoms with van der Waals surface area (Å²) in [5.74, 6) is -0.144. The first-order valence-electron chi connectivity index (χ1n) is 9.25. The van der Waals surface area contributed by atoms with Gasteiger partial charge in [0, 0.05) is 31.4 Å². The number of carbonyl (C=O) groups is 2. The molecule has 0 bridgehead atoms. The van der Waals surface area contributed by atoms with Gasteiger partial charge in [-0.25, -0.2) is 4.79 Å². The lowest BCUT2D eigenvalue weighted by Crippen LogP contribution is -2.49. The molecule has 0 aromatic heterocycles. The van der Waals surface area contributed by atoms with Crippen molar-refractivity contribution in [2.75, 3.05) is 25.0 Å². The van der Waals surface area contributed by atoms with E-state index in [9.17, 15) is 9.59 Å². The van der Waals surface area contributed by atoms with Gasteiger partial charge in [0.1, 0.15) is 0 Å². The molecule has 2 atom stereocenters. The second-order valence-corrected chi connectivity index (χ2v) is 6.66. The minimum absolute atomic E-state index is 0.0174. The van der Waals surface area contributed by atoms with E-state index in [2.05, 4.69) is 17.6 Å². The molecular weight excluding hydrogens is 316 g/mol. The van der Waals surface area contributed by atoms with E-state index >= 15 is 0 Å². The summed E-state index contributed by atoms with van der Waals surface area (Å²) in [6, 6.07) is 9.25. The lowest BCUT2D eigenvalue weighted by molar-refractivity contribution is -0.127. The molecule has 2 unspecified atom stereocenters. The number of hydrogen-bond acceptors (Lipinski definition) is 3. The molecule has 0 radical (unpaired) electrons. The highest BCUT2D eigenvalue weighted by atomic mass is 16.2. The molecule has 6 nitrogen and oxygen atoms in total. The molecule has 1 aromatic carbocycles. The molecule has 1 heterocycles. The van der Waals surface area contributed by atoms with E-state index in [1.54, 1.807) is 4.90 Å². The monoisotopic (exact) mass is 346 g/mol. The Kier molecular flexibility index (Phi) is 7.73. The number of piperidine rings is 1. The number of nitrogens with zero attached hydrogens (tertiary/aromatic N) is 1. The van der Waals surface area contributed by atoms with Crippen LogP contribution in [0.25, 0.3) is 0 Å². The van der Waals surface area contributed by atoms with Crippen molar-refractivity contribution in [3.8, 4) is 0 Å². The van der Waals surface area contributed by atoms with Gasteiger partial charge in [-0.3, -0.25) is 4.79 Å². The molecule has 2 rings (SSSR count). The number of nitrogens with one attached hydrogen (secondary N) is 2. The first-order valence-corrected chi connectivity index (χ1v) is 9.25. The third-order valence-corrected chi connectivity index (χ3v) is 4.64. The van der Waals surface area contributed by atoms with Gasteiger partial charge in [0.15, 0.2) is 0 Å². The van der Waals surface area contributed by atoms with Crippen molar-refractivity contribution in [2.45, 2.75) is 45.1 Å². The lowest BCUT2D eigenvalue weighted by Gasteiger charge is -2.33. The number of unbranched alkanes of at least 4 members (excludes halogenated alkanes) is 1. The highest BCUT2D eigenvalue weighted by Gasteiger charge is 2.29. The number of carbonyl (C=O) groups excluding carboxylic acids is 2. The number of benzene rings is 1. The van der Waals surface area contributed by atoms with Crippen molar-refractivity contribution in [1.29, 1.82) is 0 Å². The molecular formula is C19H30N4O2. The maximum atomic E-state index is 12.5. The molecule has 4 N–H and O–H groups in total. The van der Waals surface area contributed by atoms with E-state index in [4.69, 9.17) is 5.73 Å². The third kappa shape index (κ3) is 6.05. The Morgan fingerprint density at radius 3 is 2.76 bits per heavy atom. The van der Waals surface area contributed by atoms with E-state index in [-0.39, 0.29) is 23.9 Å². The van der Waals surface area contributed by atoms with Gasteiger partial charge in [-0.2, -0.15) is 0 Å². The van der Waals surface area contributed by atoms with Crippen LogP contribution in [0.3, 0.4) is 0 Å². The number of anilines is 1. The van der Waals surface area contributed by atoms with Gasteiger partial charge in [-0.1, -0.05) is 38.0 Å². The van der Waals surface area contributed by atoms with E-state index in [1.807, 2.05) is 30.3 Å². The SMILES string of the molecule is CCCCC(CN)NC(=O)C1CCCN(C(=O)Nc2ccccc2)C1. The molecule has 1 fully saturated rings. The zero-order valence-corrected chi connectivity index (χ0v) is 15.0. The molecule has 6 heteroatoms. The molecule has 0 aliphatic carbocycles. The summed E-state index contributed by atoms with van der Waals surface area (Å²) in [7, 11) is 0. The largest absolute Gasteiger partial charge is 0.352 e. The average Bonchev–Trinajstić information content (AvgIpc) is 2.65. The van der Waals surface area contributed by atoms with Crippen molar-refractivity contribution >= 4 is 17.6 Å². The number of urea groups is 1. The summed E-state index contributed by atoms with van der Waals surface area (Å²) in [6.45, 7) is 3.71. The number of rotatable bonds is 7. The standard InChI is InChI=1S/C19H30N4O2/c1-2-3-9-17(13-20)21-18(24)15-8-7-12-23(14-15)19(25)22-16-10-5-4-6-11-16/h4-6,10-11,15,17H,2-3,7-9,12-14,20H2,1H3,(H,21,24)(H,22,25). The van der Waals surface area contributed by atoms with Gasteiger partial charge in [-0.05, 0) is 31.4 Å². The Labute approximate surface area is 150 Å². The average molecular weight is 346 g/mol. The zero-order valence-electron chi connectivity index (χ0n) is 15.0. The molecule has 0 spiro atoms. The van der Waals surface area contributed by atoms with Crippen molar-refractivity contribution in [3.63, 3.8) is 0 Å². The Balaban J connectivity index is 1.86. The van der Waals surface area contributed by atoms with Gasteiger partial charge in [0.05, 0.1) is 5.92 Å². The van der Waals surface area contributed by atoms with Crippen LogP contribution in [-0.4, -0.2) is 42.5 Å². The highest BCUT2D eigenvalue weighted by molar-refractivity contribution is 5.90. The second-order valence-electron chi connectivity index (χ2n) is 6.66. The third-order valence-electron chi connectivity index (χ3n) is 4.64. The fourth-order valence-corrected chi connectivity index (χ4v) is 3.12. The van der Waals surface area contributed by atoms with Gasteiger partial charge < -0.3 is 21.3 Å². The van der Waals surface area contributed by atoms with Crippen molar-refractivity contribution < 1.29 is 9.59 Å².